The first-order valence-corrected chi connectivity index (χ1v) is 10.4. The van der Waals surface area contributed by atoms with E-state index in [9.17, 15) is 9.18 Å². The number of aromatic nitrogens is 1. The molecule has 0 saturated heterocycles. The van der Waals surface area contributed by atoms with Crippen LogP contribution in [0.3, 0.4) is 0 Å². The minimum Gasteiger partial charge on any atom is -0.347 e. The second-order valence-corrected chi connectivity index (χ2v) is 7.94. The van der Waals surface area contributed by atoms with Crippen LogP contribution in [-0.4, -0.2) is 10.9 Å². The number of hydrogen-bond donors (Lipinski definition) is 2. The van der Waals surface area contributed by atoms with E-state index >= 15 is 0 Å². The Kier molecular flexibility index (Phi) is 6.07. The van der Waals surface area contributed by atoms with E-state index in [0.29, 0.717) is 33.0 Å². The van der Waals surface area contributed by atoms with Gasteiger partial charge in [0.05, 0.1) is 5.69 Å². The van der Waals surface area contributed by atoms with Crippen molar-refractivity contribution in [3.63, 3.8) is 0 Å². The van der Waals surface area contributed by atoms with Gasteiger partial charge >= 0.3 is 0 Å². The molecule has 0 aliphatic rings. The summed E-state index contributed by atoms with van der Waals surface area (Å²) in [7, 11) is 0. The molecule has 1 aromatic heterocycles. The third-order valence-corrected chi connectivity index (χ3v) is 5.56. The van der Waals surface area contributed by atoms with Gasteiger partial charge in [-0.2, -0.15) is 0 Å². The number of halogens is 2. The van der Waals surface area contributed by atoms with Crippen LogP contribution in [0.15, 0.2) is 78.9 Å². The average molecular weight is 438 g/mol. The topological polar surface area (TPSA) is 54.0 Å². The number of nitrogens with zero attached hydrogens (tertiary/aromatic N) is 1. The molecular formula is C23H17ClFN3OS. The Morgan fingerprint density at radius 3 is 2.37 bits per heavy atom. The number of nitrogens with one attached hydrogen (secondary N) is 2. The van der Waals surface area contributed by atoms with Gasteiger partial charge in [0.25, 0.3) is 5.91 Å². The van der Waals surface area contributed by atoms with Gasteiger partial charge in [-0.1, -0.05) is 65.4 Å². The summed E-state index contributed by atoms with van der Waals surface area (Å²) >= 11 is 7.17. The van der Waals surface area contributed by atoms with Gasteiger partial charge in [-0.15, -0.1) is 0 Å². The Hall–Kier alpha value is -3.22. The van der Waals surface area contributed by atoms with Gasteiger partial charge in [0.15, 0.2) is 5.13 Å². The highest BCUT2D eigenvalue weighted by Gasteiger charge is 2.19. The SMILES string of the molecule is O=C(NCc1ccc(Cl)cc1)c1sc(Nc2ccc(F)cc2)nc1-c1ccccc1. The number of benzene rings is 3. The number of thiazole rings is 1. The smallest absolute Gasteiger partial charge is 0.264 e. The summed E-state index contributed by atoms with van der Waals surface area (Å²) in [4.78, 5) is 18.1. The summed E-state index contributed by atoms with van der Waals surface area (Å²) in [6.07, 6.45) is 0. The minimum absolute atomic E-state index is 0.214. The van der Waals surface area contributed by atoms with Crippen molar-refractivity contribution in [3.05, 3.63) is 100 Å². The molecule has 0 unspecified atom stereocenters. The number of rotatable bonds is 6. The van der Waals surface area contributed by atoms with Crippen molar-refractivity contribution in [1.82, 2.24) is 10.3 Å². The number of anilines is 2. The van der Waals surface area contributed by atoms with E-state index in [2.05, 4.69) is 15.6 Å². The first-order valence-electron chi connectivity index (χ1n) is 9.20. The van der Waals surface area contributed by atoms with Gasteiger partial charge in [0.2, 0.25) is 0 Å². The summed E-state index contributed by atoms with van der Waals surface area (Å²) in [5, 5.41) is 7.28. The van der Waals surface area contributed by atoms with Gasteiger partial charge in [0, 0.05) is 22.8 Å². The predicted molar refractivity (Wildman–Crippen MR) is 120 cm³/mol. The molecule has 0 radical (unpaired) electrons. The molecule has 3 aromatic carbocycles. The minimum atomic E-state index is -0.313. The molecule has 1 amide bonds. The third kappa shape index (κ3) is 4.84. The lowest BCUT2D eigenvalue weighted by molar-refractivity contribution is 0.0955. The fourth-order valence-electron chi connectivity index (χ4n) is 2.84. The van der Waals surface area contributed by atoms with Crippen LogP contribution in [0.4, 0.5) is 15.2 Å². The Bertz CT molecular complexity index is 1150. The molecule has 0 aliphatic carbocycles. The number of carbonyl (C=O) groups is 1. The quantitative estimate of drug-likeness (QED) is 0.373. The second kappa shape index (κ2) is 9.07. The molecule has 1 heterocycles. The lowest BCUT2D eigenvalue weighted by Gasteiger charge is -2.06. The van der Waals surface area contributed by atoms with Crippen LogP contribution < -0.4 is 10.6 Å². The Morgan fingerprint density at radius 1 is 0.967 bits per heavy atom. The molecule has 150 valence electrons. The van der Waals surface area contributed by atoms with Crippen molar-refractivity contribution in [2.45, 2.75) is 6.54 Å². The van der Waals surface area contributed by atoms with Crippen LogP contribution in [0.5, 0.6) is 0 Å². The molecule has 0 spiro atoms. The van der Waals surface area contributed by atoms with E-state index in [0.717, 1.165) is 11.1 Å². The van der Waals surface area contributed by atoms with Crippen LogP contribution in [0.1, 0.15) is 15.2 Å². The highest BCUT2D eigenvalue weighted by Crippen LogP contribution is 2.32. The molecule has 0 bridgehead atoms. The Balaban J connectivity index is 1.59. The Morgan fingerprint density at radius 2 is 1.67 bits per heavy atom. The van der Waals surface area contributed by atoms with Crippen LogP contribution in [0.25, 0.3) is 11.3 Å². The van der Waals surface area contributed by atoms with Crippen molar-refractivity contribution in [1.29, 1.82) is 0 Å². The van der Waals surface area contributed by atoms with Crippen LogP contribution in [0, 0.1) is 5.82 Å². The number of carbonyl (C=O) groups excluding carboxylic acids is 1. The van der Waals surface area contributed by atoms with Crippen LogP contribution in [0.2, 0.25) is 5.02 Å². The summed E-state index contributed by atoms with van der Waals surface area (Å²) in [5.74, 6) is -0.527. The van der Waals surface area contributed by atoms with E-state index in [1.807, 2.05) is 42.5 Å². The Labute approximate surface area is 182 Å². The number of amides is 1. The zero-order chi connectivity index (χ0) is 20.9. The third-order valence-electron chi connectivity index (χ3n) is 4.34. The van der Waals surface area contributed by atoms with Gasteiger partial charge in [-0.05, 0) is 42.0 Å². The molecule has 2 N–H and O–H groups in total. The zero-order valence-electron chi connectivity index (χ0n) is 15.7. The largest absolute Gasteiger partial charge is 0.347 e. The fraction of sp³-hybridized carbons (Fsp3) is 0.0435. The summed E-state index contributed by atoms with van der Waals surface area (Å²) in [6, 6.07) is 22.8. The summed E-state index contributed by atoms with van der Waals surface area (Å²) in [5.41, 5.74) is 3.08. The molecule has 4 aromatic rings. The highest BCUT2D eigenvalue weighted by atomic mass is 35.5. The maximum Gasteiger partial charge on any atom is 0.264 e. The van der Waals surface area contributed by atoms with E-state index in [-0.39, 0.29) is 11.7 Å². The molecule has 0 saturated carbocycles. The first-order chi connectivity index (χ1) is 14.6. The van der Waals surface area contributed by atoms with Crippen LogP contribution >= 0.6 is 22.9 Å². The van der Waals surface area contributed by atoms with Crippen molar-refractivity contribution in [2.24, 2.45) is 0 Å². The molecule has 30 heavy (non-hydrogen) atoms. The van der Waals surface area contributed by atoms with Crippen molar-refractivity contribution in [2.75, 3.05) is 5.32 Å². The van der Waals surface area contributed by atoms with Gasteiger partial charge in [-0.25, -0.2) is 9.37 Å². The summed E-state index contributed by atoms with van der Waals surface area (Å²) < 4.78 is 13.2. The van der Waals surface area contributed by atoms with Gasteiger partial charge in [0.1, 0.15) is 10.7 Å². The second-order valence-electron chi connectivity index (χ2n) is 6.50. The van der Waals surface area contributed by atoms with Crippen molar-refractivity contribution < 1.29 is 9.18 Å². The number of hydrogen-bond acceptors (Lipinski definition) is 4. The van der Waals surface area contributed by atoms with Gasteiger partial charge < -0.3 is 10.6 Å². The maximum absolute atomic E-state index is 13.2. The molecule has 4 nitrogen and oxygen atoms in total. The van der Waals surface area contributed by atoms with E-state index in [1.54, 1.807) is 24.3 Å². The fourth-order valence-corrected chi connectivity index (χ4v) is 3.89. The first kappa shape index (κ1) is 20.1. The van der Waals surface area contributed by atoms with Crippen molar-refractivity contribution >= 4 is 39.7 Å². The molecule has 7 heteroatoms. The van der Waals surface area contributed by atoms with Crippen LogP contribution in [-0.2, 0) is 6.54 Å². The lowest BCUT2D eigenvalue weighted by Crippen LogP contribution is -2.22. The normalized spacial score (nSPS) is 10.6. The van der Waals surface area contributed by atoms with Crippen molar-refractivity contribution in [3.8, 4) is 11.3 Å². The standard InChI is InChI=1S/C23H17ClFN3OS/c24-17-8-6-15(7-9-17)14-26-22(29)21-20(16-4-2-1-3-5-16)28-23(30-21)27-19-12-10-18(25)11-13-19/h1-13H,14H2,(H,26,29)(H,27,28). The predicted octanol–water partition coefficient (Wildman–Crippen LogP) is 6.28. The van der Waals surface area contributed by atoms with E-state index in [4.69, 9.17) is 11.6 Å². The maximum atomic E-state index is 13.2. The monoisotopic (exact) mass is 437 g/mol. The molecule has 0 atom stereocenters. The average Bonchev–Trinajstić information content (AvgIpc) is 3.19. The molecule has 0 aliphatic heterocycles. The summed E-state index contributed by atoms with van der Waals surface area (Å²) in [6.45, 7) is 0.378. The molecule has 0 fully saturated rings. The molecule has 4 rings (SSSR count). The zero-order valence-corrected chi connectivity index (χ0v) is 17.3. The van der Waals surface area contributed by atoms with Gasteiger partial charge in [-0.3, -0.25) is 4.79 Å². The van der Waals surface area contributed by atoms with E-state index in [1.165, 1.54) is 23.5 Å². The lowest BCUT2D eigenvalue weighted by atomic mass is 10.1. The highest BCUT2D eigenvalue weighted by molar-refractivity contribution is 7.18. The van der Waals surface area contributed by atoms with E-state index < -0.39 is 0 Å². The molecular weight excluding hydrogens is 421 g/mol.